The highest BCUT2D eigenvalue weighted by Gasteiger charge is 2.07. The Bertz CT molecular complexity index is 180. The number of hydrogen-bond donors (Lipinski definition) is 3. The lowest BCUT2D eigenvalue weighted by Crippen LogP contribution is -2.33. The summed E-state index contributed by atoms with van der Waals surface area (Å²) in [6, 6.07) is 0. The van der Waals surface area contributed by atoms with Gasteiger partial charge in [0.15, 0.2) is 0 Å². The van der Waals surface area contributed by atoms with Crippen LogP contribution in [0.15, 0.2) is 0 Å². The molecule has 0 saturated carbocycles. The van der Waals surface area contributed by atoms with E-state index in [1.807, 2.05) is 13.8 Å². The average molecular weight is 263 g/mol. The summed E-state index contributed by atoms with van der Waals surface area (Å²) in [5, 5.41) is 21.7. The van der Waals surface area contributed by atoms with E-state index in [0.717, 1.165) is 19.4 Å². The van der Waals surface area contributed by atoms with E-state index in [-0.39, 0.29) is 12.7 Å². The maximum absolute atomic E-state index is 9.65. The molecule has 18 heavy (non-hydrogen) atoms. The molecule has 3 N–H and O–H groups in total. The second-order valence-electron chi connectivity index (χ2n) is 4.89. The van der Waals surface area contributed by atoms with Crippen molar-refractivity contribution in [1.29, 1.82) is 0 Å². The highest BCUT2D eigenvalue weighted by Crippen LogP contribution is 2.02. The van der Waals surface area contributed by atoms with E-state index >= 15 is 0 Å². The molecule has 0 aromatic carbocycles. The maximum atomic E-state index is 9.65. The number of hydrogen-bond acceptors (Lipinski definition) is 5. The Balaban J connectivity index is 3.34. The Hall–Kier alpha value is -0.200. The van der Waals surface area contributed by atoms with Crippen molar-refractivity contribution in [1.82, 2.24) is 5.32 Å². The van der Waals surface area contributed by atoms with Crippen LogP contribution in [0.1, 0.15) is 26.7 Å². The van der Waals surface area contributed by atoms with Crippen LogP contribution in [0.5, 0.6) is 0 Å². The molecule has 3 unspecified atom stereocenters. The molecule has 0 spiro atoms. The Morgan fingerprint density at radius 1 is 1.22 bits per heavy atom. The van der Waals surface area contributed by atoms with Crippen LogP contribution in [-0.2, 0) is 9.47 Å². The van der Waals surface area contributed by atoms with E-state index in [0.29, 0.717) is 25.7 Å². The Morgan fingerprint density at radius 2 is 1.94 bits per heavy atom. The number of ether oxygens (including phenoxy) is 2. The third-order valence-corrected chi connectivity index (χ3v) is 2.72. The molecule has 0 heterocycles. The molecule has 5 heteroatoms. The van der Waals surface area contributed by atoms with Gasteiger partial charge >= 0.3 is 0 Å². The third-order valence-electron chi connectivity index (χ3n) is 2.72. The van der Waals surface area contributed by atoms with Gasteiger partial charge in [-0.25, -0.2) is 0 Å². The predicted octanol–water partition coefficient (Wildman–Crippen LogP) is 0.397. The molecule has 0 fully saturated rings. The fourth-order valence-corrected chi connectivity index (χ4v) is 1.55. The van der Waals surface area contributed by atoms with Crippen molar-refractivity contribution >= 4 is 0 Å². The largest absolute Gasteiger partial charge is 0.396 e. The topological polar surface area (TPSA) is 71.0 Å². The molecule has 0 aromatic heterocycles. The fourth-order valence-electron chi connectivity index (χ4n) is 1.55. The Kier molecular flexibility index (Phi) is 11.7. The predicted molar refractivity (Wildman–Crippen MR) is 71.7 cm³/mol. The first kappa shape index (κ1) is 17.8. The van der Waals surface area contributed by atoms with E-state index in [1.54, 1.807) is 7.11 Å². The van der Waals surface area contributed by atoms with Crippen LogP contribution in [-0.4, -0.2) is 62.4 Å². The number of aliphatic hydroxyl groups is 2. The lowest BCUT2D eigenvalue weighted by atomic mass is 10.1. The Labute approximate surface area is 110 Å². The molecule has 3 atom stereocenters. The van der Waals surface area contributed by atoms with Crippen molar-refractivity contribution in [3.05, 3.63) is 0 Å². The summed E-state index contributed by atoms with van der Waals surface area (Å²) in [4.78, 5) is 0. The zero-order valence-electron chi connectivity index (χ0n) is 11.9. The molecule has 0 saturated heterocycles. The van der Waals surface area contributed by atoms with Gasteiger partial charge in [-0.15, -0.1) is 0 Å². The zero-order valence-corrected chi connectivity index (χ0v) is 11.9. The minimum absolute atomic E-state index is 0.00931. The maximum Gasteiger partial charge on any atom is 0.0897 e. The van der Waals surface area contributed by atoms with Gasteiger partial charge in [-0.05, 0) is 32.2 Å². The van der Waals surface area contributed by atoms with E-state index in [9.17, 15) is 5.11 Å². The molecule has 0 bridgehead atoms. The van der Waals surface area contributed by atoms with Crippen molar-refractivity contribution in [3.8, 4) is 0 Å². The molecule has 0 amide bonds. The first-order valence-electron chi connectivity index (χ1n) is 6.70. The summed E-state index contributed by atoms with van der Waals surface area (Å²) in [6.07, 6.45) is 1.53. The SMILES string of the molecule is COCC(C)OCC(O)CNCCCC(C)CO. The van der Waals surface area contributed by atoms with Gasteiger partial charge in [0.1, 0.15) is 0 Å². The molecule has 5 nitrogen and oxygen atoms in total. The Morgan fingerprint density at radius 3 is 2.56 bits per heavy atom. The first-order chi connectivity index (χ1) is 8.60. The minimum atomic E-state index is -0.487. The van der Waals surface area contributed by atoms with Crippen molar-refractivity contribution in [2.75, 3.05) is 40.0 Å². The summed E-state index contributed by atoms with van der Waals surface area (Å²) in [6.45, 7) is 6.44. The highest BCUT2D eigenvalue weighted by atomic mass is 16.5. The minimum Gasteiger partial charge on any atom is -0.396 e. The van der Waals surface area contributed by atoms with Crippen molar-refractivity contribution in [2.45, 2.75) is 38.9 Å². The van der Waals surface area contributed by atoms with Crippen LogP contribution in [0, 0.1) is 5.92 Å². The average Bonchev–Trinajstić information content (AvgIpc) is 2.36. The van der Waals surface area contributed by atoms with Crippen LogP contribution in [0.3, 0.4) is 0 Å². The molecule has 110 valence electrons. The normalized spacial score (nSPS) is 16.5. The van der Waals surface area contributed by atoms with Crippen LogP contribution in [0.4, 0.5) is 0 Å². The number of nitrogens with one attached hydrogen (secondary N) is 1. The van der Waals surface area contributed by atoms with E-state index in [4.69, 9.17) is 14.6 Å². The molecule has 0 rings (SSSR count). The molecule has 0 aliphatic carbocycles. The summed E-state index contributed by atoms with van der Waals surface area (Å²) >= 11 is 0. The lowest BCUT2D eigenvalue weighted by Gasteiger charge is -2.16. The van der Waals surface area contributed by atoms with Gasteiger partial charge in [0, 0.05) is 20.3 Å². The molecular weight excluding hydrogens is 234 g/mol. The van der Waals surface area contributed by atoms with Gasteiger partial charge in [-0.2, -0.15) is 0 Å². The highest BCUT2D eigenvalue weighted by molar-refractivity contribution is 4.61. The second kappa shape index (κ2) is 11.9. The number of rotatable bonds is 12. The summed E-state index contributed by atoms with van der Waals surface area (Å²) < 4.78 is 10.3. The van der Waals surface area contributed by atoms with Crippen LogP contribution < -0.4 is 5.32 Å². The van der Waals surface area contributed by atoms with Crippen LogP contribution >= 0.6 is 0 Å². The second-order valence-corrected chi connectivity index (χ2v) is 4.89. The summed E-state index contributed by atoms with van der Waals surface area (Å²) in [5.74, 6) is 0.356. The molecule has 0 aliphatic rings. The third kappa shape index (κ3) is 10.9. The van der Waals surface area contributed by atoms with Gasteiger partial charge in [-0.1, -0.05) is 6.92 Å². The first-order valence-corrected chi connectivity index (χ1v) is 6.70. The van der Waals surface area contributed by atoms with Crippen molar-refractivity contribution < 1.29 is 19.7 Å². The standard InChI is InChI=1S/C13H29NO4/c1-11(8-15)5-4-6-14-7-13(16)10-18-12(2)9-17-3/h11-16H,4-10H2,1-3H3. The van der Waals surface area contributed by atoms with Gasteiger partial charge in [0.25, 0.3) is 0 Å². The molecule has 0 aromatic rings. The zero-order chi connectivity index (χ0) is 13.8. The van der Waals surface area contributed by atoms with E-state index in [2.05, 4.69) is 5.32 Å². The van der Waals surface area contributed by atoms with Crippen LogP contribution in [0.2, 0.25) is 0 Å². The molecule has 0 radical (unpaired) electrons. The lowest BCUT2D eigenvalue weighted by molar-refractivity contribution is -0.0310. The summed E-state index contributed by atoms with van der Waals surface area (Å²) in [7, 11) is 1.63. The van der Waals surface area contributed by atoms with Gasteiger partial charge in [0.2, 0.25) is 0 Å². The van der Waals surface area contributed by atoms with Crippen molar-refractivity contribution in [3.63, 3.8) is 0 Å². The fraction of sp³-hybridized carbons (Fsp3) is 1.00. The van der Waals surface area contributed by atoms with Gasteiger partial charge in [0.05, 0.1) is 25.4 Å². The van der Waals surface area contributed by atoms with Gasteiger partial charge in [-0.3, -0.25) is 0 Å². The number of methoxy groups -OCH3 is 1. The smallest absolute Gasteiger partial charge is 0.0897 e. The molecule has 0 aliphatic heterocycles. The number of aliphatic hydroxyl groups excluding tert-OH is 2. The van der Waals surface area contributed by atoms with Crippen LogP contribution in [0.25, 0.3) is 0 Å². The summed E-state index contributed by atoms with van der Waals surface area (Å²) in [5.41, 5.74) is 0. The van der Waals surface area contributed by atoms with E-state index < -0.39 is 6.10 Å². The van der Waals surface area contributed by atoms with E-state index in [1.165, 1.54) is 0 Å². The molecular formula is C13H29NO4. The quantitative estimate of drug-likeness (QED) is 0.445. The monoisotopic (exact) mass is 263 g/mol. The van der Waals surface area contributed by atoms with Gasteiger partial charge < -0.3 is 25.0 Å². The van der Waals surface area contributed by atoms with Crippen molar-refractivity contribution in [2.24, 2.45) is 5.92 Å².